The van der Waals surface area contributed by atoms with E-state index in [2.05, 4.69) is 24.2 Å². The van der Waals surface area contributed by atoms with Gasteiger partial charge in [-0.2, -0.15) is 0 Å². The molecule has 2 nitrogen and oxygen atoms in total. The molecule has 0 bridgehead atoms. The first-order valence-corrected chi connectivity index (χ1v) is 12.4. The first kappa shape index (κ1) is 22.0. The summed E-state index contributed by atoms with van der Waals surface area (Å²) in [6.07, 6.45) is 21.0. The summed E-state index contributed by atoms with van der Waals surface area (Å²) in [6.45, 7) is 2.26. The molecular formula is C19H36AuO2. The van der Waals surface area contributed by atoms with Gasteiger partial charge < -0.3 is 0 Å². The first-order chi connectivity index (χ1) is 10.7. The Kier molecular flexibility index (Phi) is 17.3. The van der Waals surface area contributed by atoms with E-state index in [1.807, 2.05) is 0 Å². The van der Waals surface area contributed by atoms with Crippen molar-refractivity contribution in [1.82, 2.24) is 0 Å². The molecule has 0 aromatic heterocycles. The zero-order valence-electron chi connectivity index (χ0n) is 14.6. The molecule has 0 spiro atoms. The Morgan fingerprint density at radius 1 is 0.909 bits per heavy atom. The van der Waals surface area contributed by atoms with E-state index >= 15 is 0 Å². The molecule has 0 fully saturated rings. The van der Waals surface area contributed by atoms with Gasteiger partial charge >= 0.3 is 115 Å². The van der Waals surface area contributed by atoms with Gasteiger partial charge in [0.05, 0.1) is 0 Å². The summed E-state index contributed by atoms with van der Waals surface area (Å²) in [6, 6.07) is 0. The molecule has 0 radical (unpaired) electrons. The maximum absolute atomic E-state index is 10.9. The van der Waals surface area contributed by atoms with Crippen LogP contribution in [0.2, 0.25) is 9.28 Å². The van der Waals surface area contributed by atoms with Crippen molar-refractivity contribution < 1.29 is 29.7 Å². The molecule has 0 aliphatic rings. The van der Waals surface area contributed by atoms with Crippen LogP contribution in [0.15, 0.2) is 12.2 Å². The Balaban J connectivity index is 3.25. The van der Waals surface area contributed by atoms with Crippen LogP contribution in [0.5, 0.6) is 0 Å². The van der Waals surface area contributed by atoms with Gasteiger partial charge in [-0.05, 0) is 0 Å². The van der Waals surface area contributed by atoms with Crippen molar-refractivity contribution in [2.24, 2.45) is 0 Å². The van der Waals surface area contributed by atoms with E-state index in [1.165, 1.54) is 70.6 Å². The van der Waals surface area contributed by atoms with Crippen LogP contribution in [-0.4, -0.2) is 11.1 Å². The molecule has 0 heterocycles. The summed E-state index contributed by atoms with van der Waals surface area (Å²) < 4.78 is -0.0303. The van der Waals surface area contributed by atoms with Gasteiger partial charge in [0.1, 0.15) is 0 Å². The fourth-order valence-corrected chi connectivity index (χ4v) is 4.09. The number of carbonyl (C=O) groups is 1. The number of hydrogen-bond acceptors (Lipinski definition) is 1. The molecule has 0 aliphatic heterocycles. The summed E-state index contributed by atoms with van der Waals surface area (Å²) >= 11 is -0.0473. The molecule has 22 heavy (non-hydrogen) atoms. The molecule has 0 amide bonds. The molecule has 1 N–H and O–H groups in total. The summed E-state index contributed by atoms with van der Waals surface area (Å²) in [5.74, 6) is -0.582. The number of carboxylic acids is 1. The maximum atomic E-state index is 10.9. The van der Waals surface area contributed by atoms with Gasteiger partial charge in [-0.25, -0.2) is 0 Å². The summed E-state index contributed by atoms with van der Waals surface area (Å²) in [5, 5.41) is 11.1. The van der Waals surface area contributed by atoms with Crippen LogP contribution in [0.4, 0.5) is 0 Å². The minimum atomic E-state index is -0.582. The quantitative estimate of drug-likeness (QED) is 0.149. The van der Waals surface area contributed by atoms with Crippen molar-refractivity contribution in [2.45, 2.75) is 99.7 Å². The second-order valence-electron chi connectivity index (χ2n) is 5.95. The van der Waals surface area contributed by atoms with Gasteiger partial charge in [-0.15, -0.1) is 0 Å². The zero-order chi connectivity index (χ0) is 16.5. The van der Waals surface area contributed by atoms with Crippen LogP contribution in [-0.2, 0) is 24.5 Å². The van der Waals surface area contributed by atoms with Crippen molar-refractivity contribution in [3.63, 3.8) is 0 Å². The monoisotopic (exact) mass is 493 g/mol. The van der Waals surface area contributed by atoms with Crippen molar-refractivity contribution in [3.8, 4) is 0 Å². The molecule has 135 valence electrons. The van der Waals surface area contributed by atoms with Gasteiger partial charge in [-0.3, -0.25) is 0 Å². The first-order valence-electron chi connectivity index (χ1n) is 8.96. The average molecular weight is 493 g/mol. The molecule has 0 aromatic rings. The second-order valence-corrected chi connectivity index (χ2v) is 8.71. The van der Waals surface area contributed by atoms with Crippen LogP contribution in [0.1, 0.15) is 90.4 Å². The van der Waals surface area contributed by atoms with Gasteiger partial charge in [-0.1, -0.05) is 32.6 Å². The third-order valence-electron chi connectivity index (χ3n) is 3.91. The van der Waals surface area contributed by atoms with Crippen molar-refractivity contribution in [1.29, 1.82) is 0 Å². The molecule has 0 saturated heterocycles. The Bertz CT molecular complexity index is 277. The Morgan fingerprint density at radius 2 is 1.41 bits per heavy atom. The Labute approximate surface area is 147 Å². The summed E-state index contributed by atoms with van der Waals surface area (Å²) in [7, 11) is 0. The van der Waals surface area contributed by atoms with Gasteiger partial charge in [0.2, 0.25) is 0 Å². The number of allylic oxidation sites excluding steroid dienone is 2. The molecule has 0 aliphatic carbocycles. The van der Waals surface area contributed by atoms with Crippen molar-refractivity contribution in [2.75, 3.05) is 0 Å². The van der Waals surface area contributed by atoms with Crippen LogP contribution in [0, 0.1) is 0 Å². The predicted molar refractivity (Wildman–Crippen MR) is 92.1 cm³/mol. The van der Waals surface area contributed by atoms with Crippen LogP contribution < -0.4 is 0 Å². The van der Waals surface area contributed by atoms with Gasteiger partial charge in [0.15, 0.2) is 0 Å². The number of unbranched alkanes of at least 4 members (excludes halogenated alkanes) is 10. The topological polar surface area (TPSA) is 37.3 Å². The number of carboxylic acid groups (broad SMARTS) is 1. The predicted octanol–water partition coefficient (Wildman–Crippen LogP) is 6.64. The van der Waals surface area contributed by atoms with E-state index < -0.39 is 5.97 Å². The van der Waals surface area contributed by atoms with E-state index in [0.29, 0.717) is 0 Å². The molecule has 0 rings (SSSR count). The number of aliphatic carboxylic acids is 1. The Morgan fingerprint density at radius 3 is 1.91 bits per heavy atom. The van der Waals surface area contributed by atoms with E-state index in [0.717, 1.165) is 12.8 Å². The van der Waals surface area contributed by atoms with Gasteiger partial charge in [0.25, 0.3) is 0 Å². The molecule has 1 unspecified atom stereocenters. The van der Waals surface area contributed by atoms with E-state index in [1.54, 1.807) is 0 Å². The third-order valence-corrected chi connectivity index (χ3v) is 6.58. The van der Waals surface area contributed by atoms with Crippen molar-refractivity contribution >= 4 is 5.97 Å². The summed E-state index contributed by atoms with van der Waals surface area (Å²) in [4.78, 5) is 10.9. The molecule has 0 aromatic carbocycles. The molecule has 3 heteroatoms. The molecule has 1 atom stereocenters. The van der Waals surface area contributed by atoms with E-state index in [4.69, 9.17) is 5.11 Å². The summed E-state index contributed by atoms with van der Waals surface area (Å²) in [5.41, 5.74) is 0. The SMILES string of the molecule is CCCCCCCCC=CCCCCCC[CH]([Au][CH3])C(=O)O. The standard InChI is InChI=1S/C18H33O2.CH3.Au/c1-2-3-4-5-6-7-8-9-10-11-12-13-14-15-16-17-18(19)20;;/h9-10,17H,2-8,11-16H2,1H3,(H,19,20);1H3;. The normalized spacial score (nSPS) is 13.0. The van der Waals surface area contributed by atoms with Crippen LogP contribution in [0.3, 0.4) is 0 Å². The number of hydrogen-bond donors (Lipinski definition) is 1. The van der Waals surface area contributed by atoms with Crippen molar-refractivity contribution in [3.05, 3.63) is 12.2 Å². The minimum absolute atomic E-state index is 0.0303. The van der Waals surface area contributed by atoms with Gasteiger partial charge in [0, 0.05) is 0 Å². The third kappa shape index (κ3) is 14.9. The van der Waals surface area contributed by atoms with Crippen LogP contribution >= 0.6 is 0 Å². The number of rotatable bonds is 16. The van der Waals surface area contributed by atoms with E-state index in [-0.39, 0.29) is 23.9 Å². The fraction of sp³-hybridized carbons (Fsp3) is 0.842. The van der Waals surface area contributed by atoms with E-state index in [9.17, 15) is 4.79 Å². The Hall–Kier alpha value is -0.0497. The fourth-order valence-electron chi connectivity index (χ4n) is 2.49. The second kappa shape index (κ2) is 17.3. The average Bonchev–Trinajstić information content (AvgIpc) is 2.51. The van der Waals surface area contributed by atoms with Crippen LogP contribution in [0.25, 0.3) is 0 Å². The molecule has 0 saturated carbocycles. The molecular weight excluding hydrogens is 457 g/mol. The zero-order valence-corrected chi connectivity index (χ0v) is 16.7.